The molecule has 0 radical (unpaired) electrons. The van der Waals surface area contributed by atoms with E-state index in [0.717, 1.165) is 0 Å². The number of hydrogen-bond acceptors (Lipinski definition) is 4. The predicted octanol–water partition coefficient (Wildman–Crippen LogP) is 0.843. The van der Waals surface area contributed by atoms with Gasteiger partial charge in [-0.15, -0.1) is 0 Å². The molecule has 0 aromatic carbocycles. The van der Waals surface area contributed by atoms with E-state index in [1.807, 2.05) is 13.8 Å². The normalized spacial score (nSPS) is 16.7. The first-order chi connectivity index (χ1) is 6.78. The van der Waals surface area contributed by atoms with Crippen molar-refractivity contribution in [1.82, 2.24) is 0 Å². The van der Waals surface area contributed by atoms with E-state index < -0.39 is 15.9 Å². The highest BCUT2D eigenvalue weighted by molar-refractivity contribution is 7.90. The van der Waals surface area contributed by atoms with Gasteiger partial charge in [-0.1, -0.05) is 13.8 Å². The summed E-state index contributed by atoms with van der Waals surface area (Å²) in [6.45, 7) is 3.93. The van der Waals surface area contributed by atoms with Gasteiger partial charge in [0.25, 0.3) is 0 Å². The third kappa shape index (κ3) is 6.87. The summed E-state index contributed by atoms with van der Waals surface area (Å²) in [4.78, 5) is 0. The minimum absolute atomic E-state index is 0.124. The maximum absolute atomic E-state index is 10.9. The smallest absolute Gasteiger partial charge is 0.147 e. The third-order valence-corrected chi connectivity index (χ3v) is 3.35. The van der Waals surface area contributed by atoms with E-state index in [2.05, 4.69) is 0 Å². The van der Waals surface area contributed by atoms with Crippen molar-refractivity contribution in [2.45, 2.75) is 38.9 Å². The molecule has 0 aromatic heterocycles. The Labute approximate surface area is 92.6 Å². The minimum Gasteiger partial charge on any atom is -0.390 e. The molecule has 15 heavy (non-hydrogen) atoms. The molecule has 0 heterocycles. The first-order valence-electron chi connectivity index (χ1n) is 5.16. The highest BCUT2D eigenvalue weighted by Crippen LogP contribution is 2.14. The fraction of sp³-hybridized carbons (Fsp3) is 1.00. The Morgan fingerprint density at radius 3 is 2.20 bits per heavy atom. The maximum Gasteiger partial charge on any atom is 0.147 e. The van der Waals surface area contributed by atoms with Crippen LogP contribution in [-0.4, -0.2) is 44.9 Å². The summed E-state index contributed by atoms with van der Waals surface area (Å²) in [6.07, 6.45) is 1.34. The zero-order valence-corrected chi connectivity index (χ0v) is 10.8. The van der Waals surface area contributed by atoms with Gasteiger partial charge < -0.3 is 9.84 Å². The molecule has 5 heteroatoms. The molecule has 1 N–H and O–H groups in total. The van der Waals surface area contributed by atoms with Crippen molar-refractivity contribution in [3.63, 3.8) is 0 Å². The topological polar surface area (TPSA) is 63.6 Å². The second kappa shape index (κ2) is 6.45. The van der Waals surface area contributed by atoms with Crippen molar-refractivity contribution in [2.75, 3.05) is 19.1 Å². The van der Waals surface area contributed by atoms with Gasteiger partial charge in [0.05, 0.1) is 12.2 Å². The van der Waals surface area contributed by atoms with Gasteiger partial charge in [0, 0.05) is 19.1 Å². The predicted molar refractivity (Wildman–Crippen MR) is 60.6 cm³/mol. The summed E-state index contributed by atoms with van der Waals surface area (Å²) in [7, 11) is -1.36. The van der Waals surface area contributed by atoms with Crippen LogP contribution in [0, 0.1) is 5.92 Å². The van der Waals surface area contributed by atoms with Gasteiger partial charge in [-0.05, 0) is 18.8 Å². The number of methoxy groups -OCH3 is 1. The van der Waals surface area contributed by atoms with Crippen molar-refractivity contribution in [2.24, 2.45) is 5.92 Å². The lowest BCUT2D eigenvalue weighted by atomic mass is 9.99. The van der Waals surface area contributed by atoms with Crippen LogP contribution in [0.1, 0.15) is 26.7 Å². The van der Waals surface area contributed by atoms with E-state index in [1.165, 1.54) is 6.26 Å². The zero-order valence-electron chi connectivity index (χ0n) is 9.93. The van der Waals surface area contributed by atoms with Crippen LogP contribution in [0.25, 0.3) is 0 Å². The molecule has 0 bridgehead atoms. The van der Waals surface area contributed by atoms with Gasteiger partial charge >= 0.3 is 0 Å². The third-order valence-electron chi connectivity index (χ3n) is 2.32. The van der Waals surface area contributed by atoms with Crippen molar-refractivity contribution >= 4 is 9.84 Å². The fourth-order valence-corrected chi connectivity index (χ4v) is 2.28. The summed E-state index contributed by atoms with van der Waals surface area (Å²) < 4.78 is 26.9. The molecule has 2 atom stereocenters. The van der Waals surface area contributed by atoms with E-state index in [0.29, 0.717) is 12.8 Å². The van der Waals surface area contributed by atoms with Crippen molar-refractivity contribution in [3.05, 3.63) is 0 Å². The number of aliphatic hydroxyl groups is 1. The lowest BCUT2D eigenvalue weighted by molar-refractivity contribution is -0.0407. The molecule has 0 saturated carbocycles. The van der Waals surface area contributed by atoms with Gasteiger partial charge in [0.2, 0.25) is 0 Å². The van der Waals surface area contributed by atoms with E-state index in [4.69, 9.17) is 4.74 Å². The van der Waals surface area contributed by atoms with E-state index in [-0.39, 0.29) is 17.8 Å². The second-order valence-corrected chi connectivity index (χ2v) is 6.54. The Balaban J connectivity index is 3.97. The molecule has 0 saturated heterocycles. The van der Waals surface area contributed by atoms with Crippen LogP contribution in [0.4, 0.5) is 0 Å². The van der Waals surface area contributed by atoms with Crippen LogP contribution in [0.3, 0.4) is 0 Å². The fourth-order valence-electron chi connectivity index (χ4n) is 1.59. The van der Waals surface area contributed by atoms with Crippen molar-refractivity contribution in [1.29, 1.82) is 0 Å². The molecular formula is C10H22O4S. The molecule has 0 aliphatic heterocycles. The maximum atomic E-state index is 10.9. The summed E-state index contributed by atoms with van der Waals surface area (Å²) in [5.74, 6) is 0.349. The standard InChI is InChI=1S/C10H22O4S/c1-8(2)10(14-3)9(11)6-5-7-15(4,12)13/h8-11H,5-7H2,1-4H3. The molecule has 0 aliphatic carbocycles. The highest BCUT2D eigenvalue weighted by Gasteiger charge is 2.22. The number of hydrogen-bond donors (Lipinski definition) is 1. The molecule has 92 valence electrons. The quantitative estimate of drug-likeness (QED) is 0.714. The van der Waals surface area contributed by atoms with Crippen molar-refractivity contribution < 1.29 is 18.3 Å². The van der Waals surface area contributed by atoms with Crippen LogP contribution in [-0.2, 0) is 14.6 Å². The van der Waals surface area contributed by atoms with Crippen LogP contribution in [0.2, 0.25) is 0 Å². The van der Waals surface area contributed by atoms with Gasteiger partial charge in [-0.2, -0.15) is 0 Å². The molecule has 0 spiro atoms. The Morgan fingerprint density at radius 2 is 1.87 bits per heavy atom. The van der Waals surface area contributed by atoms with Gasteiger partial charge in [-0.25, -0.2) is 8.42 Å². The number of rotatable bonds is 7. The Hall–Kier alpha value is -0.130. The second-order valence-electron chi connectivity index (χ2n) is 4.28. The van der Waals surface area contributed by atoms with Gasteiger partial charge in [0.1, 0.15) is 9.84 Å². The van der Waals surface area contributed by atoms with E-state index >= 15 is 0 Å². The van der Waals surface area contributed by atoms with Crippen molar-refractivity contribution in [3.8, 4) is 0 Å². The first-order valence-corrected chi connectivity index (χ1v) is 7.22. The zero-order chi connectivity index (χ0) is 12.1. The first kappa shape index (κ1) is 14.9. The average molecular weight is 238 g/mol. The number of sulfone groups is 1. The van der Waals surface area contributed by atoms with E-state index in [1.54, 1.807) is 7.11 Å². The summed E-state index contributed by atoms with van der Waals surface area (Å²) in [5, 5.41) is 9.76. The Bertz CT molecular complexity index is 259. The van der Waals surface area contributed by atoms with Crippen LogP contribution in [0.5, 0.6) is 0 Å². The molecule has 0 aliphatic rings. The van der Waals surface area contributed by atoms with Crippen LogP contribution < -0.4 is 0 Å². The lowest BCUT2D eigenvalue weighted by Crippen LogP contribution is -2.33. The SMILES string of the molecule is COC(C(C)C)C(O)CCCS(C)(=O)=O. The van der Waals surface area contributed by atoms with Gasteiger partial charge in [0.15, 0.2) is 0 Å². The molecule has 2 unspecified atom stereocenters. The largest absolute Gasteiger partial charge is 0.390 e. The molecular weight excluding hydrogens is 216 g/mol. The van der Waals surface area contributed by atoms with Crippen LogP contribution in [0.15, 0.2) is 0 Å². The highest BCUT2D eigenvalue weighted by atomic mass is 32.2. The Kier molecular flexibility index (Phi) is 6.40. The molecule has 0 rings (SSSR count). The summed E-state index contributed by atoms with van der Waals surface area (Å²) in [5.41, 5.74) is 0. The van der Waals surface area contributed by atoms with Gasteiger partial charge in [-0.3, -0.25) is 0 Å². The molecule has 4 nitrogen and oxygen atoms in total. The monoisotopic (exact) mass is 238 g/mol. The molecule has 0 fully saturated rings. The minimum atomic E-state index is -2.92. The number of ether oxygens (including phenoxy) is 1. The Morgan fingerprint density at radius 1 is 1.33 bits per heavy atom. The summed E-state index contributed by atoms with van der Waals surface area (Å²) in [6, 6.07) is 0. The molecule has 0 amide bonds. The lowest BCUT2D eigenvalue weighted by Gasteiger charge is -2.24. The number of aliphatic hydroxyl groups excluding tert-OH is 1. The summed E-state index contributed by atoms with van der Waals surface area (Å²) >= 11 is 0. The van der Waals surface area contributed by atoms with Crippen LogP contribution >= 0.6 is 0 Å². The molecule has 0 aromatic rings. The average Bonchev–Trinajstić information content (AvgIpc) is 2.01. The van der Waals surface area contributed by atoms with E-state index in [9.17, 15) is 13.5 Å².